The first-order valence-corrected chi connectivity index (χ1v) is 9.55. The molecular weight excluding hydrogens is 350 g/mol. The number of likely N-dealkylation sites (N-methyl/N-ethyl adjacent to an activating group) is 1. The molecule has 28 heavy (non-hydrogen) atoms. The van der Waals surface area contributed by atoms with E-state index in [1.54, 1.807) is 15.5 Å². The molecule has 3 heterocycles. The lowest BCUT2D eigenvalue weighted by Crippen LogP contribution is -2.21. The largest absolute Gasteiger partial charge is 0.315 e. The predicted molar refractivity (Wildman–Crippen MR) is 111 cm³/mol. The van der Waals surface area contributed by atoms with Crippen LogP contribution in [0, 0.1) is 0 Å². The Morgan fingerprint density at radius 1 is 1.00 bits per heavy atom. The van der Waals surface area contributed by atoms with Gasteiger partial charge in [-0.1, -0.05) is 13.0 Å². The van der Waals surface area contributed by atoms with Crippen molar-refractivity contribution in [2.24, 2.45) is 0 Å². The van der Waals surface area contributed by atoms with Gasteiger partial charge in [0.05, 0.1) is 6.42 Å². The van der Waals surface area contributed by atoms with Gasteiger partial charge in [0.2, 0.25) is 5.91 Å². The smallest absolute Gasteiger partial charge is 0.250 e. The van der Waals surface area contributed by atoms with Gasteiger partial charge in [-0.15, -0.1) is 0 Å². The maximum Gasteiger partial charge on any atom is 0.250 e. The van der Waals surface area contributed by atoms with E-state index in [0.29, 0.717) is 6.42 Å². The van der Waals surface area contributed by atoms with E-state index in [-0.39, 0.29) is 17.5 Å². The summed E-state index contributed by atoms with van der Waals surface area (Å²) < 4.78 is 1.78. The molecule has 0 radical (unpaired) electrons. The Morgan fingerprint density at radius 3 is 2.46 bits per heavy atom. The first kappa shape index (κ1) is 18.2. The van der Waals surface area contributed by atoms with Crippen LogP contribution in [0.4, 0.5) is 5.69 Å². The van der Waals surface area contributed by atoms with E-state index in [2.05, 4.69) is 24.0 Å². The van der Waals surface area contributed by atoms with Crippen molar-refractivity contribution in [1.29, 1.82) is 0 Å². The Kier molecular flexibility index (Phi) is 4.59. The fraction of sp³-hybridized carbons (Fsp3) is 0.261. The second kappa shape index (κ2) is 7.08. The number of carbonyl (C=O) groups excluding carboxylic acids is 1. The molecule has 142 valence electrons. The monoisotopic (exact) mass is 373 g/mol. The Balaban J connectivity index is 1.73. The molecule has 2 aromatic heterocycles. The minimum Gasteiger partial charge on any atom is -0.315 e. The highest BCUT2D eigenvalue weighted by molar-refractivity contribution is 6.01. The van der Waals surface area contributed by atoms with Crippen LogP contribution in [0.1, 0.15) is 31.9 Å². The molecule has 0 saturated carbocycles. The zero-order valence-corrected chi connectivity index (χ0v) is 16.3. The molecule has 1 amide bonds. The van der Waals surface area contributed by atoms with Crippen LogP contribution < -0.4 is 10.5 Å². The van der Waals surface area contributed by atoms with Crippen LogP contribution in [0.5, 0.6) is 0 Å². The van der Waals surface area contributed by atoms with Crippen molar-refractivity contribution in [1.82, 2.24) is 9.55 Å². The number of aromatic nitrogens is 2. The van der Waals surface area contributed by atoms with E-state index in [4.69, 9.17) is 0 Å². The lowest BCUT2D eigenvalue weighted by atomic mass is 10.00. The van der Waals surface area contributed by atoms with Crippen molar-refractivity contribution < 1.29 is 4.79 Å². The van der Waals surface area contributed by atoms with E-state index in [1.165, 1.54) is 0 Å². The number of amides is 1. The van der Waals surface area contributed by atoms with Gasteiger partial charge >= 0.3 is 0 Å². The summed E-state index contributed by atoms with van der Waals surface area (Å²) in [7, 11) is 1.81. The molecule has 1 aliphatic heterocycles. The van der Waals surface area contributed by atoms with Crippen molar-refractivity contribution in [3.05, 3.63) is 70.9 Å². The molecular formula is C23H23N3O2. The summed E-state index contributed by atoms with van der Waals surface area (Å²) in [4.78, 5) is 30.2. The molecule has 0 aliphatic carbocycles. The molecule has 1 aliphatic rings. The number of benzene rings is 1. The second-order valence-electron chi connectivity index (χ2n) is 7.36. The number of hydrogen-bond donors (Lipinski definition) is 0. The molecule has 5 nitrogen and oxygen atoms in total. The molecule has 0 unspecified atom stereocenters. The molecule has 0 fully saturated rings. The topological polar surface area (TPSA) is 55.2 Å². The number of anilines is 1. The quantitative estimate of drug-likeness (QED) is 0.693. The van der Waals surface area contributed by atoms with E-state index in [9.17, 15) is 9.59 Å². The van der Waals surface area contributed by atoms with Crippen LogP contribution in [0.15, 0.2) is 59.8 Å². The van der Waals surface area contributed by atoms with Gasteiger partial charge in [-0.2, -0.15) is 0 Å². The normalized spacial score (nSPS) is 14.2. The maximum absolute atomic E-state index is 12.2. The first-order valence-electron chi connectivity index (χ1n) is 9.55. The van der Waals surface area contributed by atoms with Crippen LogP contribution in [0.3, 0.4) is 0 Å². The van der Waals surface area contributed by atoms with Gasteiger partial charge < -0.3 is 9.47 Å². The summed E-state index contributed by atoms with van der Waals surface area (Å²) in [5, 5.41) is 0. The highest BCUT2D eigenvalue weighted by Gasteiger charge is 2.24. The van der Waals surface area contributed by atoms with Gasteiger partial charge in [0, 0.05) is 54.6 Å². The summed E-state index contributed by atoms with van der Waals surface area (Å²) in [6.45, 7) is 4.12. The van der Waals surface area contributed by atoms with Crippen LogP contribution in [0.25, 0.3) is 22.3 Å². The number of pyridine rings is 2. The predicted octanol–water partition coefficient (Wildman–Crippen LogP) is 4.07. The summed E-state index contributed by atoms with van der Waals surface area (Å²) in [5.74, 6) is 0.117. The molecule has 4 rings (SSSR count). The van der Waals surface area contributed by atoms with E-state index < -0.39 is 0 Å². The molecule has 0 saturated heterocycles. The average molecular weight is 373 g/mol. The van der Waals surface area contributed by atoms with Crippen molar-refractivity contribution in [2.75, 3.05) is 11.9 Å². The van der Waals surface area contributed by atoms with Crippen LogP contribution in [-0.2, 0) is 11.2 Å². The number of nitrogens with zero attached hydrogens (tertiary/aromatic N) is 3. The standard InChI is InChI=1S/C23H23N3O2/c1-4-15(2)26-14-17(6-8-22(26)27)20-10-19(12-24-13-20)16-5-7-21-18(9-16)11-23(28)25(21)3/h5-10,12-15H,4,11H2,1-3H3/t15-/m0/s1. The van der Waals surface area contributed by atoms with Gasteiger partial charge in [0.15, 0.2) is 0 Å². The van der Waals surface area contributed by atoms with Gasteiger partial charge in [0.1, 0.15) is 0 Å². The Hall–Kier alpha value is -3.21. The number of carbonyl (C=O) groups is 1. The number of rotatable bonds is 4. The minimum atomic E-state index is 0.00891. The second-order valence-corrected chi connectivity index (χ2v) is 7.36. The zero-order chi connectivity index (χ0) is 19.8. The molecule has 1 aromatic carbocycles. The average Bonchev–Trinajstić information content (AvgIpc) is 3.01. The SMILES string of the molecule is CC[C@H](C)n1cc(-c2cncc(-c3ccc4c(c3)CC(=O)N4C)c2)ccc1=O. The Morgan fingerprint density at radius 2 is 1.71 bits per heavy atom. The van der Waals surface area contributed by atoms with Crippen LogP contribution in [0.2, 0.25) is 0 Å². The highest BCUT2D eigenvalue weighted by atomic mass is 16.2. The van der Waals surface area contributed by atoms with Crippen molar-refractivity contribution in [2.45, 2.75) is 32.7 Å². The third-order valence-corrected chi connectivity index (χ3v) is 5.57. The molecule has 0 spiro atoms. The molecule has 3 aromatic rings. The third-order valence-electron chi connectivity index (χ3n) is 5.57. The molecule has 0 N–H and O–H groups in total. The van der Waals surface area contributed by atoms with Crippen molar-refractivity contribution >= 4 is 11.6 Å². The highest BCUT2D eigenvalue weighted by Crippen LogP contribution is 2.33. The number of fused-ring (bicyclic) bond motifs is 1. The summed E-state index contributed by atoms with van der Waals surface area (Å²) in [5.41, 5.74) is 5.97. The lowest BCUT2D eigenvalue weighted by molar-refractivity contribution is -0.117. The van der Waals surface area contributed by atoms with Gasteiger partial charge in [-0.25, -0.2) is 0 Å². The van der Waals surface area contributed by atoms with Gasteiger partial charge in [-0.3, -0.25) is 14.6 Å². The maximum atomic E-state index is 12.2. The molecule has 0 bridgehead atoms. The summed E-state index contributed by atoms with van der Waals surface area (Å²) >= 11 is 0. The molecule has 5 heteroatoms. The Labute approximate surface area is 164 Å². The van der Waals surface area contributed by atoms with Crippen molar-refractivity contribution in [3.63, 3.8) is 0 Å². The van der Waals surface area contributed by atoms with E-state index >= 15 is 0 Å². The zero-order valence-electron chi connectivity index (χ0n) is 16.3. The number of hydrogen-bond acceptors (Lipinski definition) is 3. The fourth-order valence-electron chi connectivity index (χ4n) is 3.62. The minimum absolute atomic E-state index is 0.00891. The third kappa shape index (κ3) is 3.13. The fourth-order valence-corrected chi connectivity index (χ4v) is 3.62. The van der Waals surface area contributed by atoms with Crippen LogP contribution in [-0.4, -0.2) is 22.5 Å². The van der Waals surface area contributed by atoms with E-state index in [0.717, 1.165) is 39.9 Å². The van der Waals surface area contributed by atoms with Gasteiger partial charge in [-0.05, 0) is 54.3 Å². The molecule has 1 atom stereocenters. The summed E-state index contributed by atoms with van der Waals surface area (Å²) in [6.07, 6.45) is 6.88. The first-order chi connectivity index (χ1) is 13.5. The van der Waals surface area contributed by atoms with Crippen LogP contribution >= 0.6 is 0 Å². The van der Waals surface area contributed by atoms with Gasteiger partial charge in [0.25, 0.3) is 5.56 Å². The lowest BCUT2D eigenvalue weighted by Gasteiger charge is -2.14. The summed E-state index contributed by atoms with van der Waals surface area (Å²) in [6, 6.07) is 11.8. The Bertz CT molecular complexity index is 1120. The van der Waals surface area contributed by atoms with E-state index in [1.807, 2.05) is 50.8 Å². The van der Waals surface area contributed by atoms with Crippen molar-refractivity contribution in [3.8, 4) is 22.3 Å².